The average Bonchev–Trinajstić information content (AvgIpc) is 2.81. The van der Waals surface area contributed by atoms with Crippen LogP contribution in [0.1, 0.15) is 29.2 Å². The molecule has 0 aliphatic rings. The molecule has 2 N–H and O–H groups in total. The number of methoxy groups -OCH3 is 1. The van der Waals surface area contributed by atoms with E-state index in [1.54, 1.807) is 49.4 Å². The molecular weight excluding hydrogens is 437 g/mol. The lowest BCUT2D eigenvalue weighted by molar-refractivity contribution is -0.136. The molecule has 34 heavy (non-hydrogen) atoms. The number of ether oxygens (including phenoxy) is 2. The van der Waals surface area contributed by atoms with E-state index >= 15 is 0 Å². The average molecular weight is 464 g/mol. The molecule has 176 valence electrons. The molecule has 0 fully saturated rings. The molecule has 0 bridgehead atoms. The van der Waals surface area contributed by atoms with E-state index < -0.39 is 11.8 Å². The molecule has 0 radical (unpaired) electrons. The van der Waals surface area contributed by atoms with Gasteiger partial charge in [0.2, 0.25) is 0 Å². The van der Waals surface area contributed by atoms with Crippen molar-refractivity contribution in [2.24, 2.45) is 5.10 Å². The predicted octanol–water partition coefficient (Wildman–Crippen LogP) is 4.51. The molecule has 0 spiro atoms. The van der Waals surface area contributed by atoms with Crippen LogP contribution in [0.4, 0.5) is 10.1 Å². The van der Waals surface area contributed by atoms with Gasteiger partial charge in [0.15, 0.2) is 11.5 Å². The number of rotatable bonds is 7. The summed E-state index contributed by atoms with van der Waals surface area (Å²) in [6.45, 7) is 5.75. The lowest BCUT2D eigenvalue weighted by atomic mass is 10.1. The van der Waals surface area contributed by atoms with Crippen molar-refractivity contribution in [3.63, 3.8) is 0 Å². The molecule has 0 unspecified atom stereocenters. The van der Waals surface area contributed by atoms with Crippen LogP contribution in [0.25, 0.3) is 0 Å². The van der Waals surface area contributed by atoms with Crippen molar-refractivity contribution in [2.45, 2.75) is 27.4 Å². The number of aryl methyl sites for hydroxylation is 2. The van der Waals surface area contributed by atoms with Crippen LogP contribution >= 0.6 is 0 Å². The number of hydrazone groups is 1. The highest BCUT2D eigenvalue weighted by atomic mass is 19.1. The molecule has 2 amide bonds. The molecule has 7 nitrogen and oxygen atoms in total. The van der Waals surface area contributed by atoms with E-state index in [2.05, 4.69) is 15.8 Å². The van der Waals surface area contributed by atoms with Gasteiger partial charge in [-0.25, -0.2) is 9.82 Å². The van der Waals surface area contributed by atoms with Gasteiger partial charge in [-0.05, 0) is 79.9 Å². The molecule has 3 aromatic rings. The second-order valence-corrected chi connectivity index (χ2v) is 7.75. The fraction of sp³-hybridized carbons (Fsp3) is 0.192. The van der Waals surface area contributed by atoms with E-state index in [1.165, 1.54) is 19.2 Å². The van der Waals surface area contributed by atoms with Gasteiger partial charge < -0.3 is 14.8 Å². The maximum absolute atomic E-state index is 13.1. The number of hydrogen-bond acceptors (Lipinski definition) is 5. The molecule has 0 saturated carbocycles. The number of carbonyl (C=O) groups is 2. The van der Waals surface area contributed by atoms with Gasteiger partial charge >= 0.3 is 11.8 Å². The minimum atomic E-state index is -0.885. The standard InChI is InChI=1S/C26H26FN3O4/c1-16-11-17(2)13-22(12-16)28-25(31)26(32)30-29-18(3)20-7-10-23(24(14-20)33-4)34-15-19-5-8-21(27)9-6-19/h5-14H,15H2,1-4H3,(H,28,31)(H,30,32). The number of benzene rings is 3. The highest BCUT2D eigenvalue weighted by Crippen LogP contribution is 2.29. The zero-order chi connectivity index (χ0) is 24.7. The molecule has 0 heterocycles. The summed E-state index contributed by atoms with van der Waals surface area (Å²) in [4.78, 5) is 24.4. The lowest BCUT2D eigenvalue weighted by Crippen LogP contribution is -2.33. The molecule has 0 saturated heterocycles. The van der Waals surface area contributed by atoms with E-state index in [-0.39, 0.29) is 12.4 Å². The first-order valence-electron chi connectivity index (χ1n) is 10.5. The third-order valence-corrected chi connectivity index (χ3v) is 4.90. The van der Waals surface area contributed by atoms with Gasteiger partial charge in [0.25, 0.3) is 0 Å². The van der Waals surface area contributed by atoms with Crippen LogP contribution in [0.5, 0.6) is 11.5 Å². The molecule has 3 rings (SSSR count). The highest BCUT2D eigenvalue weighted by molar-refractivity contribution is 6.39. The van der Waals surface area contributed by atoms with Gasteiger partial charge in [-0.15, -0.1) is 0 Å². The Hall–Kier alpha value is -4.20. The van der Waals surface area contributed by atoms with Crippen LogP contribution in [0, 0.1) is 19.7 Å². The minimum Gasteiger partial charge on any atom is -0.493 e. The summed E-state index contributed by atoms with van der Waals surface area (Å²) in [6.07, 6.45) is 0. The zero-order valence-corrected chi connectivity index (χ0v) is 19.4. The highest BCUT2D eigenvalue weighted by Gasteiger charge is 2.14. The summed E-state index contributed by atoms with van der Waals surface area (Å²) in [5, 5.41) is 6.59. The van der Waals surface area contributed by atoms with Gasteiger partial charge in [-0.3, -0.25) is 9.59 Å². The Bertz CT molecular complexity index is 1200. The number of carbonyl (C=O) groups excluding carboxylic acids is 2. The van der Waals surface area contributed by atoms with Crippen LogP contribution in [0.2, 0.25) is 0 Å². The molecular formula is C26H26FN3O4. The zero-order valence-electron chi connectivity index (χ0n) is 19.4. The topological polar surface area (TPSA) is 89.0 Å². The number of amides is 2. The van der Waals surface area contributed by atoms with E-state index in [0.717, 1.165) is 16.7 Å². The van der Waals surface area contributed by atoms with E-state index in [4.69, 9.17) is 9.47 Å². The van der Waals surface area contributed by atoms with E-state index in [9.17, 15) is 14.0 Å². The molecule has 0 aliphatic carbocycles. The minimum absolute atomic E-state index is 0.245. The van der Waals surface area contributed by atoms with Crippen molar-refractivity contribution in [1.29, 1.82) is 0 Å². The first kappa shape index (κ1) is 24.4. The quantitative estimate of drug-likeness (QED) is 0.307. The van der Waals surface area contributed by atoms with Gasteiger partial charge in [0, 0.05) is 11.3 Å². The van der Waals surface area contributed by atoms with Crippen LogP contribution < -0.4 is 20.2 Å². The Morgan fingerprint density at radius 1 is 0.912 bits per heavy atom. The predicted molar refractivity (Wildman–Crippen MR) is 129 cm³/mol. The summed E-state index contributed by atoms with van der Waals surface area (Å²) in [6, 6.07) is 16.7. The Labute approximate surface area is 197 Å². The molecule has 0 aliphatic heterocycles. The van der Waals surface area contributed by atoms with E-state index in [1.807, 2.05) is 19.9 Å². The molecule has 3 aromatic carbocycles. The van der Waals surface area contributed by atoms with Gasteiger partial charge in [-0.2, -0.15) is 5.10 Å². The van der Waals surface area contributed by atoms with Crippen molar-refractivity contribution >= 4 is 23.2 Å². The number of anilines is 1. The molecule has 0 atom stereocenters. The molecule has 0 aromatic heterocycles. The Balaban J connectivity index is 1.62. The third kappa shape index (κ3) is 6.65. The number of nitrogens with zero attached hydrogens (tertiary/aromatic N) is 1. The van der Waals surface area contributed by atoms with Crippen molar-refractivity contribution < 1.29 is 23.5 Å². The monoisotopic (exact) mass is 463 g/mol. The van der Waals surface area contributed by atoms with Crippen molar-refractivity contribution in [1.82, 2.24) is 5.43 Å². The number of halogens is 1. The number of hydrogen-bond donors (Lipinski definition) is 2. The first-order valence-corrected chi connectivity index (χ1v) is 10.5. The lowest BCUT2D eigenvalue weighted by Gasteiger charge is -2.12. The van der Waals surface area contributed by atoms with E-state index in [0.29, 0.717) is 28.5 Å². The SMILES string of the molecule is COc1cc(C(C)=NNC(=O)C(=O)Nc2cc(C)cc(C)c2)ccc1OCc1ccc(F)cc1. The first-order chi connectivity index (χ1) is 16.2. The Kier molecular flexibility index (Phi) is 7.97. The summed E-state index contributed by atoms with van der Waals surface area (Å²) >= 11 is 0. The van der Waals surface area contributed by atoms with Gasteiger partial charge in [0.05, 0.1) is 12.8 Å². The smallest absolute Gasteiger partial charge is 0.329 e. The van der Waals surface area contributed by atoms with Crippen molar-refractivity contribution in [2.75, 3.05) is 12.4 Å². The normalized spacial score (nSPS) is 11.0. The largest absolute Gasteiger partial charge is 0.493 e. The second kappa shape index (κ2) is 11.1. The van der Waals surface area contributed by atoms with Gasteiger partial charge in [0.1, 0.15) is 12.4 Å². The fourth-order valence-electron chi connectivity index (χ4n) is 3.24. The number of nitrogens with one attached hydrogen (secondary N) is 2. The Morgan fingerprint density at radius 2 is 1.59 bits per heavy atom. The summed E-state index contributed by atoms with van der Waals surface area (Å²) in [5.41, 5.74) is 6.71. The van der Waals surface area contributed by atoms with Crippen LogP contribution in [0.3, 0.4) is 0 Å². The summed E-state index contributed by atoms with van der Waals surface area (Å²) in [5.74, 6) is -1.04. The Morgan fingerprint density at radius 3 is 2.24 bits per heavy atom. The summed E-state index contributed by atoms with van der Waals surface area (Å²) < 4.78 is 24.2. The summed E-state index contributed by atoms with van der Waals surface area (Å²) in [7, 11) is 1.51. The van der Waals surface area contributed by atoms with Gasteiger partial charge in [-0.1, -0.05) is 18.2 Å². The third-order valence-electron chi connectivity index (χ3n) is 4.90. The van der Waals surface area contributed by atoms with Crippen molar-refractivity contribution in [3.05, 3.63) is 88.7 Å². The fourth-order valence-corrected chi connectivity index (χ4v) is 3.24. The second-order valence-electron chi connectivity index (χ2n) is 7.75. The maximum Gasteiger partial charge on any atom is 0.329 e. The van der Waals surface area contributed by atoms with Crippen LogP contribution in [-0.4, -0.2) is 24.6 Å². The van der Waals surface area contributed by atoms with Crippen LogP contribution in [-0.2, 0) is 16.2 Å². The van der Waals surface area contributed by atoms with Crippen molar-refractivity contribution in [3.8, 4) is 11.5 Å². The maximum atomic E-state index is 13.1. The molecule has 8 heteroatoms. The van der Waals surface area contributed by atoms with Crippen LogP contribution in [0.15, 0.2) is 65.8 Å².